The monoisotopic (exact) mass is 433 g/mol. The van der Waals surface area contributed by atoms with Crippen LogP contribution in [0, 0.1) is 0 Å². The van der Waals surface area contributed by atoms with Crippen molar-refractivity contribution in [1.82, 2.24) is 10.2 Å². The number of guanidine groups is 1. The Morgan fingerprint density at radius 3 is 2.74 bits per heavy atom. The zero-order valence-electron chi connectivity index (χ0n) is 11.6. The van der Waals surface area contributed by atoms with Crippen LogP contribution >= 0.6 is 58.7 Å². The predicted octanol–water partition coefficient (Wildman–Crippen LogP) is 3.78. The van der Waals surface area contributed by atoms with E-state index in [2.05, 4.69) is 34.5 Å². The largest absolute Gasteiger partial charge is 0.355 e. The van der Waals surface area contributed by atoms with Crippen LogP contribution in [0.2, 0.25) is 4.34 Å². The molecule has 1 N–H and O–H groups in total. The Kier molecular flexibility index (Phi) is 10.3. The van der Waals surface area contributed by atoms with Crippen LogP contribution in [0.4, 0.5) is 0 Å². The minimum Gasteiger partial charge on any atom is -0.355 e. The Balaban J connectivity index is 0.00000324. The van der Waals surface area contributed by atoms with E-state index in [1.165, 1.54) is 4.88 Å². The number of halogens is 2. The molecule has 0 aliphatic carbocycles. The average Bonchev–Trinajstić information content (AvgIpc) is 2.75. The van der Waals surface area contributed by atoms with E-state index in [1.807, 2.05) is 31.9 Å². The summed E-state index contributed by atoms with van der Waals surface area (Å²) in [6.07, 6.45) is 2.12. The lowest BCUT2D eigenvalue weighted by Crippen LogP contribution is -2.40. The second kappa shape index (κ2) is 10.1. The third-order valence-corrected chi connectivity index (χ3v) is 4.73. The fraction of sp³-hybridized carbons (Fsp3) is 0.583. The third kappa shape index (κ3) is 7.06. The quantitative estimate of drug-likeness (QED) is 0.435. The number of nitrogens with one attached hydrogen (secondary N) is 1. The number of hydrogen-bond acceptors (Lipinski definition) is 3. The van der Waals surface area contributed by atoms with Gasteiger partial charge < -0.3 is 10.2 Å². The zero-order chi connectivity index (χ0) is 13.5. The van der Waals surface area contributed by atoms with Gasteiger partial charge in [0.2, 0.25) is 0 Å². The van der Waals surface area contributed by atoms with Gasteiger partial charge in [0.25, 0.3) is 0 Å². The molecule has 0 aromatic carbocycles. The molecule has 0 aliphatic heterocycles. The van der Waals surface area contributed by atoms with Gasteiger partial charge in [-0.1, -0.05) is 18.5 Å². The number of rotatable bonds is 5. The Morgan fingerprint density at radius 1 is 1.58 bits per heavy atom. The first-order valence-electron chi connectivity index (χ1n) is 5.75. The van der Waals surface area contributed by atoms with E-state index in [0.29, 0.717) is 5.25 Å². The molecular formula is C12H21ClIN3S2. The van der Waals surface area contributed by atoms with Crippen LogP contribution in [0.1, 0.15) is 11.8 Å². The second-order valence-electron chi connectivity index (χ2n) is 4.04. The van der Waals surface area contributed by atoms with E-state index >= 15 is 0 Å². The van der Waals surface area contributed by atoms with Crippen molar-refractivity contribution in [1.29, 1.82) is 0 Å². The first-order chi connectivity index (χ1) is 8.56. The minimum atomic E-state index is 0. The SMILES string of the molecule is CN=C(NCC(C)SC)N(C)Cc1ccc(Cl)s1.I. The van der Waals surface area contributed by atoms with Gasteiger partial charge in [0, 0.05) is 30.8 Å². The summed E-state index contributed by atoms with van der Waals surface area (Å²) in [6.45, 7) is 3.94. The van der Waals surface area contributed by atoms with Gasteiger partial charge in [-0.2, -0.15) is 11.8 Å². The standard InChI is InChI=1S/C12H20ClN3S2.HI/c1-9(17-4)7-15-12(14-2)16(3)8-10-5-6-11(13)18-10;/h5-6,9H,7-8H2,1-4H3,(H,14,15);1H. The van der Waals surface area contributed by atoms with Gasteiger partial charge in [-0.3, -0.25) is 4.99 Å². The maximum absolute atomic E-state index is 5.93. The highest BCUT2D eigenvalue weighted by atomic mass is 127. The number of aliphatic imine (C=N–C) groups is 1. The van der Waals surface area contributed by atoms with Crippen molar-refractivity contribution in [3.63, 3.8) is 0 Å². The number of hydrogen-bond donors (Lipinski definition) is 1. The van der Waals surface area contributed by atoms with E-state index in [0.717, 1.165) is 23.4 Å². The molecule has 0 radical (unpaired) electrons. The second-order valence-corrected chi connectivity index (χ2v) is 7.11. The summed E-state index contributed by atoms with van der Waals surface area (Å²) in [7, 11) is 3.84. The molecule has 0 amide bonds. The number of thioether (sulfide) groups is 1. The van der Waals surface area contributed by atoms with Crippen molar-refractivity contribution in [2.45, 2.75) is 18.7 Å². The molecule has 0 fully saturated rings. The fourth-order valence-electron chi connectivity index (χ4n) is 1.45. The van der Waals surface area contributed by atoms with Gasteiger partial charge in [0.15, 0.2) is 5.96 Å². The summed E-state index contributed by atoms with van der Waals surface area (Å²) >= 11 is 9.38. The smallest absolute Gasteiger partial charge is 0.193 e. The summed E-state index contributed by atoms with van der Waals surface area (Å²) in [5.74, 6) is 0.917. The van der Waals surface area contributed by atoms with Crippen LogP contribution in [0.3, 0.4) is 0 Å². The van der Waals surface area contributed by atoms with Crippen molar-refractivity contribution in [2.24, 2.45) is 4.99 Å². The maximum atomic E-state index is 5.93. The fourth-order valence-corrected chi connectivity index (χ4v) is 2.84. The summed E-state index contributed by atoms with van der Waals surface area (Å²) in [5.41, 5.74) is 0. The van der Waals surface area contributed by atoms with Crippen molar-refractivity contribution in [2.75, 3.05) is 26.9 Å². The normalized spacial score (nSPS) is 12.8. The molecule has 0 saturated carbocycles. The first kappa shape index (κ1) is 19.3. The van der Waals surface area contributed by atoms with Gasteiger partial charge >= 0.3 is 0 Å². The molecule has 3 nitrogen and oxygen atoms in total. The molecule has 1 aromatic rings. The Hall–Kier alpha value is 0.340. The van der Waals surface area contributed by atoms with Crippen molar-refractivity contribution in [3.05, 3.63) is 21.3 Å². The summed E-state index contributed by atoms with van der Waals surface area (Å²) in [5, 5.41) is 3.95. The highest BCUT2D eigenvalue weighted by molar-refractivity contribution is 14.0. The topological polar surface area (TPSA) is 27.6 Å². The van der Waals surface area contributed by atoms with Crippen LogP contribution in [-0.2, 0) is 6.54 Å². The summed E-state index contributed by atoms with van der Waals surface area (Å²) < 4.78 is 0.831. The molecule has 1 atom stereocenters. The Bertz CT molecular complexity index is 398. The van der Waals surface area contributed by atoms with Crippen LogP contribution in [0.5, 0.6) is 0 Å². The Labute approximate surface area is 146 Å². The first-order valence-corrected chi connectivity index (χ1v) is 8.23. The van der Waals surface area contributed by atoms with E-state index < -0.39 is 0 Å². The lowest BCUT2D eigenvalue weighted by molar-refractivity contribution is 0.482. The lowest BCUT2D eigenvalue weighted by atomic mass is 10.4. The molecule has 0 bridgehead atoms. The van der Waals surface area contributed by atoms with Crippen LogP contribution in [0.15, 0.2) is 17.1 Å². The molecule has 1 rings (SSSR count). The third-order valence-electron chi connectivity index (χ3n) is 2.55. The minimum absolute atomic E-state index is 0. The highest BCUT2D eigenvalue weighted by Gasteiger charge is 2.09. The van der Waals surface area contributed by atoms with Crippen LogP contribution in [-0.4, -0.2) is 43.0 Å². The summed E-state index contributed by atoms with van der Waals surface area (Å²) in [4.78, 5) is 7.64. The van der Waals surface area contributed by atoms with Gasteiger partial charge in [0.05, 0.1) is 10.9 Å². The van der Waals surface area contributed by atoms with E-state index in [9.17, 15) is 0 Å². The molecule has 1 aromatic heterocycles. The molecule has 0 spiro atoms. The molecule has 110 valence electrons. The van der Waals surface area contributed by atoms with E-state index in [1.54, 1.807) is 11.3 Å². The molecule has 1 heterocycles. The zero-order valence-corrected chi connectivity index (χ0v) is 16.4. The molecule has 7 heteroatoms. The van der Waals surface area contributed by atoms with Crippen molar-refractivity contribution >= 4 is 64.6 Å². The molecule has 1 unspecified atom stereocenters. The number of thiophene rings is 1. The number of nitrogens with zero attached hydrogens (tertiary/aromatic N) is 2. The van der Waals surface area contributed by atoms with Crippen molar-refractivity contribution < 1.29 is 0 Å². The van der Waals surface area contributed by atoms with E-state index in [-0.39, 0.29) is 24.0 Å². The lowest BCUT2D eigenvalue weighted by Gasteiger charge is -2.22. The maximum Gasteiger partial charge on any atom is 0.193 e. The van der Waals surface area contributed by atoms with Crippen LogP contribution < -0.4 is 5.32 Å². The molecule has 0 saturated heterocycles. The van der Waals surface area contributed by atoms with Gasteiger partial charge in [-0.15, -0.1) is 35.3 Å². The van der Waals surface area contributed by atoms with Gasteiger partial charge in [0.1, 0.15) is 0 Å². The molecular weight excluding hydrogens is 413 g/mol. The van der Waals surface area contributed by atoms with Gasteiger partial charge in [-0.25, -0.2) is 0 Å². The molecule has 19 heavy (non-hydrogen) atoms. The highest BCUT2D eigenvalue weighted by Crippen LogP contribution is 2.22. The van der Waals surface area contributed by atoms with Crippen LogP contribution in [0.25, 0.3) is 0 Å². The van der Waals surface area contributed by atoms with E-state index in [4.69, 9.17) is 11.6 Å². The van der Waals surface area contributed by atoms with Gasteiger partial charge in [-0.05, 0) is 18.4 Å². The average molecular weight is 434 g/mol. The Morgan fingerprint density at radius 2 is 2.26 bits per heavy atom. The predicted molar refractivity (Wildman–Crippen MR) is 101 cm³/mol. The molecule has 0 aliphatic rings. The summed E-state index contributed by atoms with van der Waals surface area (Å²) in [6, 6.07) is 3.99. The van der Waals surface area contributed by atoms with Crippen molar-refractivity contribution in [3.8, 4) is 0 Å².